The second kappa shape index (κ2) is 4.24. The fraction of sp³-hybridized carbons (Fsp3) is 0.267. The van der Waals surface area contributed by atoms with E-state index in [4.69, 9.17) is 4.42 Å². The quantitative estimate of drug-likeness (QED) is 0.897. The van der Waals surface area contributed by atoms with Crippen LogP contribution in [0.1, 0.15) is 28.6 Å². The number of furan rings is 1. The highest BCUT2D eigenvalue weighted by Crippen LogP contribution is 2.32. The Balaban J connectivity index is 1.98. The van der Waals surface area contributed by atoms with Crippen molar-refractivity contribution in [1.29, 1.82) is 0 Å². The van der Waals surface area contributed by atoms with Crippen molar-refractivity contribution in [3.63, 3.8) is 0 Å². The topological polar surface area (TPSA) is 53.7 Å². The predicted molar refractivity (Wildman–Crippen MR) is 71.1 cm³/mol. The first-order valence-corrected chi connectivity index (χ1v) is 6.19. The maximum atomic E-state index is 11.6. The lowest BCUT2D eigenvalue weighted by atomic mass is 9.99. The van der Waals surface area contributed by atoms with E-state index in [2.05, 4.69) is 0 Å². The monoisotopic (exact) mass is 257 g/mol. The Morgan fingerprint density at radius 3 is 2.84 bits per heavy atom. The normalized spacial score (nSPS) is 15.7. The molecule has 0 saturated carbocycles. The van der Waals surface area contributed by atoms with E-state index in [1.165, 1.54) is 0 Å². The first-order valence-electron chi connectivity index (χ1n) is 6.19. The van der Waals surface area contributed by atoms with Gasteiger partial charge in [-0.2, -0.15) is 0 Å². The number of aryl methyl sites for hydroxylation is 1. The highest BCUT2D eigenvalue weighted by Gasteiger charge is 2.25. The number of hydrogen-bond acceptors (Lipinski definition) is 3. The molecule has 0 saturated heterocycles. The summed E-state index contributed by atoms with van der Waals surface area (Å²) in [5, 5.41) is 10.4. The first kappa shape index (κ1) is 12.0. The van der Waals surface area contributed by atoms with Gasteiger partial charge in [0.05, 0.1) is 12.7 Å². The van der Waals surface area contributed by atoms with Crippen LogP contribution in [0.15, 0.2) is 34.9 Å². The fourth-order valence-electron chi connectivity index (χ4n) is 2.52. The van der Waals surface area contributed by atoms with E-state index in [-0.39, 0.29) is 5.91 Å². The number of amides is 1. The van der Waals surface area contributed by atoms with Crippen LogP contribution in [0.25, 0.3) is 0 Å². The van der Waals surface area contributed by atoms with Crippen LogP contribution in [-0.2, 0) is 11.2 Å². The van der Waals surface area contributed by atoms with Gasteiger partial charge < -0.3 is 14.4 Å². The van der Waals surface area contributed by atoms with E-state index in [1.54, 1.807) is 24.3 Å². The molecule has 1 aromatic heterocycles. The minimum Gasteiger partial charge on any atom is -0.469 e. The van der Waals surface area contributed by atoms with Crippen LogP contribution in [0.4, 0.5) is 5.69 Å². The van der Waals surface area contributed by atoms with E-state index >= 15 is 0 Å². The zero-order chi connectivity index (χ0) is 13.6. The van der Waals surface area contributed by atoms with Crippen molar-refractivity contribution >= 4 is 11.6 Å². The standard InChI is InChI=1S/C15H15NO3/c1-9-12(5-6-19-9)15(18)10-3-4-13-11(7-10)8-14(17)16(13)2/h3-7,15,18H,8H2,1-2H3. The molecule has 1 N–H and O–H groups in total. The second-order valence-electron chi connectivity index (χ2n) is 4.85. The maximum absolute atomic E-state index is 11.6. The molecule has 0 spiro atoms. The van der Waals surface area contributed by atoms with Crippen molar-refractivity contribution in [2.75, 3.05) is 11.9 Å². The highest BCUT2D eigenvalue weighted by molar-refractivity contribution is 6.00. The lowest BCUT2D eigenvalue weighted by Gasteiger charge is -2.13. The molecule has 4 heteroatoms. The largest absolute Gasteiger partial charge is 0.469 e. The average Bonchev–Trinajstić information content (AvgIpc) is 2.93. The van der Waals surface area contributed by atoms with Gasteiger partial charge in [0, 0.05) is 18.3 Å². The smallest absolute Gasteiger partial charge is 0.231 e. The summed E-state index contributed by atoms with van der Waals surface area (Å²) in [5.74, 6) is 0.794. The minimum atomic E-state index is -0.718. The van der Waals surface area contributed by atoms with Gasteiger partial charge >= 0.3 is 0 Å². The van der Waals surface area contributed by atoms with E-state index in [1.807, 2.05) is 25.1 Å². The Kier molecular flexibility index (Phi) is 2.68. The van der Waals surface area contributed by atoms with Crippen LogP contribution in [0.3, 0.4) is 0 Å². The van der Waals surface area contributed by atoms with Crippen LogP contribution < -0.4 is 4.90 Å². The molecule has 2 aromatic rings. The number of rotatable bonds is 2. The maximum Gasteiger partial charge on any atom is 0.231 e. The number of fused-ring (bicyclic) bond motifs is 1. The summed E-state index contributed by atoms with van der Waals surface area (Å²) in [5.41, 5.74) is 3.43. The summed E-state index contributed by atoms with van der Waals surface area (Å²) in [6.07, 6.45) is 1.25. The molecular formula is C15H15NO3. The number of hydrogen-bond donors (Lipinski definition) is 1. The molecule has 0 bridgehead atoms. The van der Waals surface area contributed by atoms with Crippen molar-refractivity contribution in [2.24, 2.45) is 0 Å². The molecule has 1 unspecified atom stereocenters. The van der Waals surface area contributed by atoms with Crippen LogP contribution in [0, 0.1) is 6.92 Å². The molecule has 4 nitrogen and oxygen atoms in total. The van der Waals surface area contributed by atoms with Crippen molar-refractivity contribution in [3.8, 4) is 0 Å². The third-order valence-electron chi connectivity index (χ3n) is 3.69. The zero-order valence-corrected chi connectivity index (χ0v) is 10.9. The Morgan fingerprint density at radius 2 is 2.16 bits per heavy atom. The summed E-state index contributed by atoms with van der Waals surface area (Å²) in [4.78, 5) is 13.3. The molecule has 19 heavy (non-hydrogen) atoms. The van der Waals surface area contributed by atoms with Gasteiger partial charge in [0.2, 0.25) is 5.91 Å². The first-order chi connectivity index (χ1) is 9.08. The number of carbonyl (C=O) groups excluding carboxylic acids is 1. The average molecular weight is 257 g/mol. The summed E-state index contributed by atoms with van der Waals surface area (Å²) >= 11 is 0. The molecule has 3 rings (SSSR count). The third kappa shape index (κ3) is 1.85. The van der Waals surface area contributed by atoms with Crippen molar-refractivity contribution in [1.82, 2.24) is 0 Å². The van der Waals surface area contributed by atoms with Gasteiger partial charge in [-0.15, -0.1) is 0 Å². The lowest BCUT2D eigenvalue weighted by Crippen LogP contribution is -2.20. The Bertz CT molecular complexity index is 645. The molecule has 0 radical (unpaired) electrons. The van der Waals surface area contributed by atoms with Crippen LogP contribution in [-0.4, -0.2) is 18.1 Å². The number of benzene rings is 1. The number of nitrogens with zero attached hydrogens (tertiary/aromatic N) is 1. The third-order valence-corrected chi connectivity index (χ3v) is 3.69. The Labute approximate surface area is 111 Å². The van der Waals surface area contributed by atoms with Crippen LogP contribution >= 0.6 is 0 Å². The predicted octanol–water partition coefficient (Wildman–Crippen LogP) is 2.19. The highest BCUT2D eigenvalue weighted by atomic mass is 16.3. The molecule has 0 aliphatic carbocycles. The Hall–Kier alpha value is -2.07. The van der Waals surface area contributed by atoms with Crippen LogP contribution in [0.5, 0.6) is 0 Å². The molecular weight excluding hydrogens is 242 g/mol. The van der Waals surface area contributed by atoms with Crippen molar-refractivity contribution in [2.45, 2.75) is 19.4 Å². The minimum absolute atomic E-state index is 0.0844. The second-order valence-corrected chi connectivity index (χ2v) is 4.85. The molecule has 2 heterocycles. The summed E-state index contributed by atoms with van der Waals surface area (Å²) < 4.78 is 5.21. The molecule has 1 aromatic carbocycles. The number of aliphatic hydroxyl groups is 1. The van der Waals surface area contributed by atoms with E-state index in [9.17, 15) is 9.90 Å². The van der Waals surface area contributed by atoms with Crippen molar-refractivity contribution in [3.05, 3.63) is 53.0 Å². The molecule has 1 aliphatic heterocycles. The van der Waals surface area contributed by atoms with Gasteiger partial charge in [-0.05, 0) is 30.2 Å². The van der Waals surface area contributed by atoms with Gasteiger partial charge in [-0.3, -0.25) is 4.79 Å². The van der Waals surface area contributed by atoms with Gasteiger partial charge in [-0.1, -0.05) is 12.1 Å². The van der Waals surface area contributed by atoms with E-state index < -0.39 is 6.10 Å². The zero-order valence-electron chi connectivity index (χ0n) is 10.9. The van der Waals surface area contributed by atoms with Crippen molar-refractivity contribution < 1.29 is 14.3 Å². The Morgan fingerprint density at radius 1 is 1.37 bits per heavy atom. The SMILES string of the molecule is Cc1occc1C(O)c1ccc2c(c1)CC(=O)N2C. The number of carbonyl (C=O) groups is 1. The summed E-state index contributed by atoms with van der Waals surface area (Å²) in [6.45, 7) is 1.82. The molecule has 98 valence electrons. The molecule has 1 atom stereocenters. The number of aliphatic hydroxyl groups excluding tert-OH is 1. The molecule has 1 amide bonds. The lowest BCUT2D eigenvalue weighted by molar-refractivity contribution is -0.117. The van der Waals surface area contributed by atoms with Crippen LogP contribution in [0.2, 0.25) is 0 Å². The van der Waals surface area contributed by atoms with Gasteiger partial charge in [0.25, 0.3) is 0 Å². The molecule has 1 aliphatic rings. The summed E-state index contributed by atoms with van der Waals surface area (Å²) in [6, 6.07) is 7.40. The van der Waals surface area contributed by atoms with Gasteiger partial charge in [-0.25, -0.2) is 0 Å². The fourth-order valence-corrected chi connectivity index (χ4v) is 2.52. The molecule has 0 fully saturated rings. The van der Waals surface area contributed by atoms with Gasteiger partial charge in [0.15, 0.2) is 0 Å². The van der Waals surface area contributed by atoms with Gasteiger partial charge in [0.1, 0.15) is 11.9 Å². The van der Waals surface area contributed by atoms with E-state index in [0.29, 0.717) is 12.2 Å². The number of likely N-dealkylation sites (N-methyl/N-ethyl adjacent to an activating group) is 1. The van der Waals surface area contributed by atoms with E-state index in [0.717, 1.165) is 22.4 Å². The number of anilines is 1. The summed E-state index contributed by atoms with van der Waals surface area (Å²) in [7, 11) is 1.77.